The molecule has 2 rings (SSSR count). The fourth-order valence-corrected chi connectivity index (χ4v) is 3.15. The van der Waals surface area contributed by atoms with Gasteiger partial charge in [0.25, 0.3) is 0 Å². The maximum Gasteiger partial charge on any atom is 0.230 e. The Hall–Kier alpha value is -0.780. The van der Waals surface area contributed by atoms with Crippen LogP contribution < -0.4 is 5.73 Å². The summed E-state index contributed by atoms with van der Waals surface area (Å²) < 4.78 is 0. The molecule has 1 aliphatic rings. The predicted octanol–water partition coefficient (Wildman–Crippen LogP) is 2.72. The van der Waals surface area contributed by atoms with E-state index in [1.807, 2.05) is 11.1 Å². The normalized spacial score (nSPS) is 18.3. The quantitative estimate of drug-likeness (QED) is 0.857. The Bertz CT molecular complexity index is 426. The van der Waals surface area contributed by atoms with E-state index in [9.17, 15) is 4.79 Å². The van der Waals surface area contributed by atoms with Gasteiger partial charge in [-0.3, -0.25) is 4.79 Å². The summed E-state index contributed by atoms with van der Waals surface area (Å²) in [6, 6.07) is 0. The van der Waals surface area contributed by atoms with Crippen molar-refractivity contribution < 1.29 is 4.79 Å². The van der Waals surface area contributed by atoms with Gasteiger partial charge in [0.05, 0.1) is 5.41 Å². The first-order valence-corrected chi connectivity index (χ1v) is 7.65. The van der Waals surface area contributed by atoms with Crippen LogP contribution >= 0.6 is 24.8 Å². The molecule has 1 fully saturated rings. The third-order valence-electron chi connectivity index (χ3n) is 4.81. The molecular weight excluding hydrogens is 323 g/mol. The van der Waals surface area contributed by atoms with Gasteiger partial charge in [-0.2, -0.15) is 0 Å². The highest BCUT2D eigenvalue weighted by Crippen LogP contribution is 2.32. The largest absolute Gasteiger partial charge is 0.348 e. The van der Waals surface area contributed by atoms with Crippen LogP contribution in [0.1, 0.15) is 51.3 Å². The minimum Gasteiger partial charge on any atom is -0.348 e. The number of piperidine rings is 1. The maximum atomic E-state index is 12.8. The first-order chi connectivity index (χ1) is 9.66. The van der Waals surface area contributed by atoms with Gasteiger partial charge in [-0.25, -0.2) is 4.98 Å². The summed E-state index contributed by atoms with van der Waals surface area (Å²) >= 11 is 0. The standard InChI is InChI=1S/C15H26N4O.2ClH/c1-3-15(4-2,11-16)14(20)19-9-5-6-12(10-19)13-17-7-8-18-13;;/h7-8,12H,3-6,9-11,16H2,1-2H3,(H,17,18);2*1H. The highest BCUT2D eigenvalue weighted by Gasteiger charge is 2.38. The molecule has 2 heterocycles. The van der Waals surface area contributed by atoms with Crippen LogP contribution in [0.15, 0.2) is 12.4 Å². The van der Waals surface area contributed by atoms with Crippen molar-refractivity contribution in [3.63, 3.8) is 0 Å². The fourth-order valence-electron chi connectivity index (χ4n) is 3.15. The van der Waals surface area contributed by atoms with E-state index >= 15 is 0 Å². The lowest BCUT2D eigenvalue weighted by atomic mass is 9.80. The van der Waals surface area contributed by atoms with Crippen molar-refractivity contribution in [2.24, 2.45) is 11.1 Å². The van der Waals surface area contributed by atoms with Gasteiger partial charge >= 0.3 is 0 Å². The molecule has 1 unspecified atom stereocenters. The number of halogens is 2. The van der Waals surface area contributed by atoms with Crippen molar-refractivity contribution in [3.8, 4) is 0 Å². The SMILES string of the molecule is CCC(CC)(CN)C(=O)N1CCCC(c2ncc[nH]2)C1.Cl.Cl. The molecule has 1 atom stereocenters. The molecule has 1 aromatic rings. The van der Waals surface area contributed by atoms with Crippen molar-refractivity contribution in [2.75, 3.05) is 19.6 Å². The number of rotatable bonds is 5. The number of H-pyrrole nitrogens is 1. The van der Waals surface area contributed by atoms with E-state index < -0.39 is 0 Å². The average Bonchev–Trinajstić information content (AvgIpc) is 3.04. The van der Waals surface area contributed by atoms with E-state index in [1.165, 1.54) is 0 Å². The molecule has 0 aromatic carbocycles. The summed E-state index contributed by atoms with van der Waals surface area (Å²) in [6.45, 7) is 6.15. The number of likely N-dealkylation sites (tertiary alicyclic amines) is 1. The molecule has 22 heavy (non-hydrogen) atoms. The smallest absolute Gasteiger partial charge is 0.230 e. The zero-order valence-corrected chi connectivity index (χ0v) is 15.0. The third-order valence-corrected chi connectivity index (χ3v) is 4.81. The minimum atomic E-state index is -0.384. The number of nitrogens with two attached hydrogens (primary N) is 1. The number of carbonyl (C=O) groups is 1. The first-order valence-electron chi connectivity index (χ1n) is 7.65. The van der Waals surface area contributed by atoms with Crippen LogP contribution in [0, 0.1) is 5.41 Å². The average molecular weight is 351 g/mol. The highest BCUT2D eigenvalue weighted by molar-refractivity contribution is 5.85. The van der Waals surface area contributed by atoms with Crippen LogP contribution in [0.4, 0.5) is 0 Å². The molecule has 0 spiro atoms. The van der Waals surface area contributed by atoms with Crippen LogP contribution in [0.3, 0.4) is 0 Å². The molecule has 7 heteroatoms. The predicted molar refractivity (Wildman–Crippen MR) is 93.7 cm³/mol. The number of nitrogens with one attached hydrogen (secondary N) is 1. The van der Waals surface area contributed by atoms with Gasteiger partial charge in [0.2, 0.25) is 5.91 Å². The molecule has 0 aliphatic carbocycles. The number of carbonyl (C=O) groups excluding carboxylic acids is 1. The molecule has 128 valence electrons. The van der Waals surface area contributed by atoms with Crippen molar-refractivity contribution in [2.45, 2.75) is 45.4 Å². The van der Waals surface area contributed by atoms with Crippen LogP contribution in [-0.4, -0.2) is 40.4 Å². The number of hydrogen-bond acceptors (Lipinski definition) is 3. The zero-order valence-electron chi connectivity index (χ0n) is 13.4. The van der Waals surface area contributed by atoms with E-state index in [-0.39, 0.29) is 36.1 Å². The molecule has 0 bridgehead atoms. The monoisotopic (exact) mass is 350 g/mol. The van der Waals surface area contributed by atoms with Gasteiger partial charge in [-0.15, -0.1) is 24.8 Å². The van der Waals surface area contributed by atoms with E-state index in [2.05, 4.69) is 23.8 Å². The Morgan fingerprint density at radius 3 is 2.64 bits per heavy atom. The zero-order chi connectivity index (χ0) is 14.6. The summed E-state index contributed by atoms with van der Waals surface area (Å²) in [4.78, 5) is 22.4. The number of aromatic nitrogens is 2. The summed E-state index contributed by atoms with van der Waals surface area (Å²) in [5.74, 6) is 1.54. The Kier molecular flexibility index (Phi) is 9.05. The molecule has 0 saturated carbocycles. The van der Waals surface area contributed by atoms with Crippen LogP contribution in [0.5, 0.6) is 0 Å². The Labute approximate surface area is 145 Å². The summed E-state index contributed by atoms with van der Waals surface area (Å²) in [6.07, 6.45) is 7.36. The van der Waals surface area contributed by atoms with Crippen molar-refractivity contribution >= 4 is 30.7 Å². The molecule has 1 aliphatic heterocycles. The van der Waals surface area contributed by atoms with Crippen molar-refractivity contribution in [1.29, 1.82) is 0 Å². The fraction of sp³-hybridized carbons (Fsp3) is 0.733. The molecule has 0 radical (unpaired) electrons. The third kappa shape index (κ3) is 4.15. The number of amides is 1. The van der Waals surface area contributed by atoms with Crippen molar-refractivity contribution in [3.05, 3.63) is 18.2 Å². The summed E-state index contributed by atoms with van der Waals surface area (Å²) in [7, 11) is 0. The maximum absolute atomic E-state index is 12.8. The van der Waals surface area contributed by atoms with Gasteiger partial charge < -0.3 is 15.6 Å². The number of imidazole rings is 1. The molecular formula is C15H28Cl2N4O. The molecule has 1 saturated heterocycles. The minimum absolute atomic E-state index is 0. The van der Waals surface area contributed by atoms with E-state index in [0.29, 0.717) is 12.5 Å². The van der Waals surface area contributed by atoms with Gasteiger partial charge in [0.1, 0.15) is 5.82 Å². The Morgan fingerprint density at radius 1 is 1.45 bits per heavy atom. The molecule has 1 aromatic heterocycles. The van der Waals surface area contributed by atoms with Crippen LogP contribution in [-0.2, 0) is 4.79 Å². The van der Waals surface area contributed by atoms with Gasteiger partial charge in [-0.05, 0) is 25.7 Å². The van der Waals surface area contributed by atoms with Gasteiger partial charge in [0, 0.05) is 37.9 Å². The lowest BCUT2D eigenvalue weighted by molar-refractivity contribution is -0.143. The lowest BCUT2D eigenvalue weighted by Crippen LogP contribution is -2.50. The van der Waals surface area contributed by atoms with Crippen LogP contribution in [0.2, 0.25) is 0 Å². The number of aromatic amines is 1. The van der Waals surface area contributed by atoms with E-state index in [0.717, 1.165) is 44.6 Å². The molecule has 5 nitrogen and oxygen atoms in total. The second kappa shape index (κ2) is 9.38. The van der Waals surface area contributed by atoms with Gasteiger partial charge in [0.15, 0.2) is 0 Å². The lowest BCUT2D eigenvalue weighted by Gasteiger charge is -2.39. The van der Waals surface area contributed by atoms with Crippen LogP contribution in [0.25, 0.3) is 0 Å². The number of nitrogens with zero attached hydrogens (tertiary/aromatic N) is 2. The summed E-state index contributed by atoms with van der Waals surface area (Å²) in [5.41, 5.74) is 5.52. The molecule has 3 N–H and O–H groups in total. The number of hydrogen-bond donors (Lipinski definition) is 2. The summed E-state index contributed by atoms with van der Waals surface area (Å²) in [5, 5.41) is 0. The molecule has 1 amide bonds. The second-order valence-corrected chi connectivity index (χ2v) is 5.76. The Morgan fingerprint density at radius 2 is 2.14 bits per heavy atom. The van der Waals surface area contributed by atoms with Crippen molar-refractivity contribution in [1.82, 2.24) is 14.9 Å². The van der Waals surface area contributed by atoms with E-state index in [1.54, 1.807) is 6.20 Å². The highest BCUT2D eigenvalue weighted by atomic mass is 35.5. The first kappa shape index (κ1) is 21.2. The van der Waals surface area contributed by atoms with Gasteiger partial charge in [-0.1, -0.05) is 13.8 Å². The topological polar surface area (TPSA) is 75.0 Å². The second-order valence-electron chi connectivity index (χ2n) is 5.76. The Balaban J connectivity index is 0.00000220. The van der Waals surface area contributed by atoms with E-state index in [4.69, 9.17) is 5.73 Å².